The summed E-state index contributed by atoms with van der Waals surface area (Å²) in [6.07, 6.45) is 2.31. The average molecular weight is 408 g/mol. The van der Waals surface area contributed by atoms with Gasteiger partial charge >= 0.3 is 0 Å². The van der Waals surface area contributed by atoms with Crippen LogP contribution in [0.25, 0.3) is 10.9 Å². The number of sulfonamides is 1. The molecule has 5 nitrogen and oxygen atoms in total. The first-order chi connectivity index (χ1) is 12.9. The molecule has 0 aliphatic carbocycles. The van der Waals surface area contributed by atoms with Gasteiger partial charge in [0.2, 0.25) is 10.0 Å². The second-order valence-electron chi connectivity index (χ2n) is 6.08. The lowest BCUT2D eigenvalue weighted by Crippen LogP contribution is -2.29. The molecule has 142 valence electrons. The molecule has 1 N–H and O–H groups in total. The minimum absolute atomic E-state index is 0.0800. The van der Waals surface area contributed by atoms with Crippen LogP contribution < -0.4 is 5.32 Å². The normalized spacial score (nSPS) is 11.9. The number of fused-ring (bicyclic) bond motifs is 1. The number of halogens is 2. The van der Waals surface area contributed by atoms with Crippen molar-refractivity contribution in [2.24, 2.45) is 0 Å². The molecule has 0 saturated carbocycles. The minimum atomic E-state index is -3.63. The van der Waals surface area contributed by atoms with Crippen LogP contribution in [0.15, 0.2) is 59.6 Å². The maximum Gasteiger partial charge on any atom is 0.242 e. The molecule has 0 atom stereocenters. The van der Waals surface area contributed by atoms with E-state index in [4.69, 9.17) is 11.6 Å². The number of rotatable bonds is 7. The molecule has 8 heteroatoms. The van der Waals surface area contributed by atoms with Crippen molar-refractivity contribution in [3.63, 3.8) is 0 Å². The number of anilines is 1. The SMILES string of the molecule is CN(CCCNc1ccnc2cc(Cl)ccc12)S(=O)(=O)c1ccc(F)cc1. The molecule has 0 aliphatic heterocycles. The van der Waals surface area contributed by atoms with Crippen molar-refractivity contribution in [2.45, 2.75) is 11.3 Å². The van der Waals surface area contributed by atoms with E-state index in [1.165, 1.54) is 23.5 Å². The molecule has 1 heterocycles. The van der Waals surface area contributed by atoms with Gasteiger partial charge < -0.3 is 5.32 Å². The molecule has 1 aromatic heterocycles. The van der Waals surface area contributed by atoms with Gasteiger partial charge in [-0.25, -0.2) is 17.1 Å². The van der Waals surface area contributed by atoms with Crippen molar-refractivity contribution in [1.82, 2.24) is 9.29 Å². The Morgan fingerprint density at radius 2 is 1.89 bits per heavy atom. The summed E-state index contributed by atoms with van der Waals surface area (Å²) in [6, 6.07) is 12.2. The highest BCUT2D eigenvalue weighted by Gasteiger charge is 2.20. The van der Waals surface area contributed by atoms with Gasteiger partial charge in [0.05, 0.1) is 10.4 Å². The molecule has 0 spiro atoms. The number of benzene rings is 2. The summed E-state index contributed by atoms with van der Waals surface area (Å²) in [5.41, 5.74) is 1.71. The van der Waals surface area contributed by atoms with Gasteiger partial charge in [-0.1, -0.05) is 11.6 Å². The molecular weight excluding hydrogens is 389 g/mol. The molecule has 0 fully saturated rings. The molecule has 2 aromatic carbocycles. The van der Waals surface area contributed by atoms with Crippen molar-refractivity contribution in [3.05, 3.63) is 65.6 Å². The van der Waals surface area contributed by atoms with Gasteiger partial charge in [0.15, 0.2) is 0 Å². The molecule has 0 saturated heterocycles. The van der Waals surface area contributed by atoms with Gasteiger partial charge in [0, 0.05) is 42.4 Å². The third-order valence-electron chi connectivity index (χ3n) is 4.19. The lowest BCUT2D eigenvalue weighted by atomic mass is 10.2. The first-order valence-corrected chi connectivity index (χ1v) is 10.2. The maximum atomic E-state index is 13.0. The zero-order valence-corrected chi connectivity index (χ0v) is 16.3. The first-order valence-electron chi connectivity index (χ1n) is 8.38. The molecule has 0 amide bonds. The molecule has 0 aliphatic rings. The Labute approximate surface area is 162 Å². The zero-order chi connectivity index (χ0) is 19.4. The second kappa shape index (κ2) is 8.21. The zero-order valence-electron chi connectivity index (χ0n) is 14.7. The van der Waals surface area contributed by atoms with Crippen LogP contribution in [0.1, 0.15) is 6.42 Å². The van der Waals surface area contributed by atoms with Gasteiger partial charge in [0.1, 0.15) is 5.82 Å². The Kier molecular flexibility index (Phi) is 5.94. The monoisotopic (exact) mass is 407 g/mol. The van der Waals surface area contributed by atoms with Gasteiger partial charge in [-0.15, -0.1) is 0 Å². The van der Waals surface area contributed by atoms with E-state index in [1.807, 2.05) is 12.1 Å². The quantitative estimate of drug-likeness (QED) is 0.597. The van der Waals surface area contributed by atoms with E-state index in [0.29, 0.717) is 24.5 Å². The number of hydrogen-bond acceptors (Lipinski definition) is 4. The number of nitrogens with zero attached hydrogens (tertiary/aromatic N) is 2. The lowest BCUT2D eigenvalue weighted by molar-refractivity contribution is 0.465. The Hall–Kier alpha value is -2.22. The van der Waals surface area contributed by atoms with Gasteiger partial charge in [0.25, 0.3) is 0 Å². The van der Waals surface area contributed by atoms with E-state index in [0.717, 1.165) is 28.7 Å². The van der Waals surface area contributed by atoms with Gasteiger partial charge in [-0.2, -0.15) is 0 Å². The van der Waals surface area contributed by atoms with Crippen LogP contribution in [0.3, 0.4) is 0 Å². The fourth-order valence-electron chi connectivity index (χ4n) is 2.71. The van der Waals surface area contributed by atoms with Crippen molar-refractivity contribution < 1.29 is 12.8 Å². The number of aromatic nitrogens is 1. The summed E-state index contributed by atoms with van der Waals surface area (Å²) in [6.45, 7) is 0.923. The maximum absolute atomic E-state index is 13.0. The third kappa shape index (κ3) is 4.55. The predicted octanol–water partition coefficient (Wildman–Crippen LogP) is 4.15. The largest absolute Gasteiger partial charge is 0.384 e. The van der Waals surface area contributed by atoms with Crippen LogP contribution in [0.4, 0.5) is 10.1 Å². The summed E-state index contributed by atoms with van der Waals surface area (Å²) in [7, 11) is -2.11. The highest BCUT2D eigenvalue weighted by atomic mass is 35.5. The Morgan fingerprint density at radius 1 is 1.15 bits per heavy atom. The van der Waals surface area contributed by atoms with Crippen LogP contribution in [0, 0.1) is 5.82 Å². The van der Waals surface area contributed by atoms with Crippen molar-refractivity contribution in [3.8, 4) is 0 Å². The Bertz CT molecular complexity index is 1040. The number of hydrogen-bond donors (Lipinski definition) is 1. The summed E-state index contributed by atoms with van der Waals surface area (Å²) < 4.78 is 39.2. The van der Waals surface area contributed by atoms with Crippen molar-refractivity contribution in [1.29, 1.82) is 0 Å². The van der Waals surface area contributed by atoms with Crippen LogP contribution in [-0.4, -0.2) is 37.8 Å². The van der Waals surface area contributed by atoms with E-state index in [1.54, 1.807) is 18.3 Å². The average Bonchev–Trinajstić information content (AvgIpc) is 2.65. The number of pyridine rings is 1. The molecule has 0 radical (unpaired) electrons. The molecule has 0 unspecified atom stereocenters. The second-order valence-corrected chi connectivity index (χ2v) is 8.56. The summed E-state index contributed by atoms with van der Waals surface area (Å²) in [5.74, 6) is -0.466. The van der Waals surface area contributed by atoms with E-state index in [9.17, 15) is 12.8 Å². The molecule has 0 bridgehead atoms. The van der Waals surface area contributed by atoms with Crippen molar-refractivity contribution >= 4 is 38.2 Å². The van der Waals surface area contributed by atoms with E-state index in [2.05, 4.69) is 10.3 Å². The number of nitrogens with one attached hydrogen (secondary N) is 1. The minimum Gasteiger partial charge on any atom is -0.384 e. The van der Waals surface area contributed by atoms with E-state index < -0.39 is 15.8 Å². The summed E-state index contributed by atoms with van der Waals surface area (Å²) >= 11 is 5.99. The van der Waals surface area contributed by atoms with Crippen molar-refractivity contribution in [2.75, 3.05) is 25.5 Å². The van der Waals surface area contributed by atoms with Gasteiger partial charge in [-0.3, -0.25) is 4.98 Å². The lowest BCUT2D eigenvalue weighted by Gasteiger charge is -2.17. The van der Waals surface area contributed by atoms with Crippen LogP contribution >= 0.6 is 11.6 Å². The fourth-order valence-corrected chi connectivity index (χ4v) is 4.08. The third-order valence-corrected chi connectivity index (χ3v) is 6.30. The summed E-state index contributed by atoms with van der Waals surface area (Å²) in [5, 5.41) is 4.88. The predicted molar refractivity (Wildman–Crippen MR) is 106 cm³/mol. The highest BCUT2D eigenvalue weighted by molar-refractivity contribution is 7.89. The smallest absolute Gasteiger partial charge is 0.242 e. The van der Waals surface area contributed by atoms with E-state index >= 15 is 0 Å². The Morgan fingerprint density at radius 3 is 2.63 bits per heavy atom. The summed E-state index contributed by atoms with van der Waals surface area (Å²) in [4.78, 5) is 4.37. The van der Waals surface area contributed by atoms with Crippen LogP contribution in [-0.2, 0) is 10.0 Å². The molecular formula is C19H19ClFN3O2S. The van der Waals surface area contributed by atoms with Gasteiger partial charge in [-0.05, 0) is 55.0 Å². The Balaban J connectivity index is 1.59. The molecule has 27 heavy (non-hydrogen) atoms. The van der Waals surface area contributed by atoms with E-state index in [-0.39, 0.29) is 4.90 Å². The topological polar surface area (TPSA) is 62.3 Å². The fraction of sp³-hybridized carbons (Fsp3) is 0.211. The van der Waals surface area contributed by atoms with Crippen LogP contribution in [0.2, 0.25) is 5.02 Å². The standard InChI is InChI=1S/C19H19ClFN3O2S/c1-24(27(25,26)16-6-4-15(21)5-7-16)12-2-10-22-18-9-11-23-19-13-14(20)3-8-17(18)19/h3-9,11,13H,2,10,12H2,1H3,(H,22,23). The first kappa shape index (κ1) is 19.5. The highest BCUT2D eigenvalue weighted by Crippen LogP contribution is 2.24. The molecule has 3 rings (SSSR count). The van der Waals surface area contributed by atoms with Crippen LogP contribution in [0.5, 0.6) is 0 Å². The molecule has 3 aromatic rings.